The van der Waals surface area contributed by atoms with Crippen LogP contribution in [0.3, 0.4) is 0 Å². The van der Waals surface area contributed by atoms with Gasteiger partial charge in [0.1, 0.15) is 5.75 Å². The molecule has 1 aliphatic rings. The Morgan fingerprint density at radius 3 is 2.89 bits per heavy atom. The first-order chi connectivity index (χ1) is 8.65. The van der Waals surface area contributed by atoms with Gasteiger partial charge in [0.2, 0.25) is 5.91 Å². The first-order valence-corrected chi connectivity index (χ1v) is 6.50. The SMILES string of the molecule is O=C(CCNCc1ccc(O)c(Cl)c1)NC1CC1. The van der Waals surface area contributed by atoms with Gasteiger partial charge in [-0.3, -0.25) is 4.79 Å². The highest BCUT2D eigenvalue weighted by Gasteiger charge is 2.22. The minimum atomic E-state index is 0.0872. The second-order valence-corrected chi connectivity index (χ2v) is 4.96. The normalized spacial score (nSPS) is 14.5. The molecule has 0 unspecified atom stereocenters. The van der Waals surface area contributed by atoms with Crippen LogP contribution >= 0.6 is 11.6 Å². The smallest absolute Gasteiger partial charge is 0.221 e. The Balaban J connectivity index is 1.64. The molecule has 98 valence electrons. The third-order valence-corrected chi connectivity index (χ3v) is 3.12. The third-order valence-electron chi connectivity index (χ3n) is 2.81. The van der Waals surface area contributed by atoms with E-state index in [0.717, 1.165) is 18.4 Å². The Bertz CT molecular complexity index is 433. The molecule has 1 aromatic rings. The van der Waals surface area contributed by atoms with E-state index in [-0.39, 0.29) is 11.7 Å². The number of amides is 1. The maximum absolute atomic E-state index is 11.4. The molecule has 18 heavy (non-hydrogen) atoms. The van der Waals surface area contributed by atoms with E-state index in [1.54, 1.807) is 18.2 Å². The fourth-order valence-electron chi connectivity index (χ4n) is 1.62. The molecule has 1 saturated carbocycles. The zero-order chi connectivity index (χ0) is 13.0. The molecule has 4 nitrogen and oxygen atoms in total. The van der Waals surface area contributed by atoms with E-state index < -0.39 is 0 Å². The van der Waals surface area contributed by atoms with Crippen molar-refractivity contribution in [3.05, 3.63) is 28.8 Å². The molecule has 0 heterocycles. The van der Waals surface area contributed by atoms with Crippen molar-refractivity contribution in [3.8, 4) is 5.75 Å². The summed E-state index contributed by atoms with van der Waals surface area (Å²) in [6.07, 6.45) is 2.72. The molecule has 3 N–H and O–H groups in total. The Morgan fingerprint density at radius 1 is 1.44 bits per heavy atom. The minimum absolute atomic E-state index is 0.0872. The summed E-state index contributed by atoms with van der Waals surface area (Å²) in [5.74, 6) is 0.193. The lowest BCUT2D eigenvalue weighted by Crippen LogP contribution is -2.28. The van der Waals surface area contributed by atoms with Gasteiger partial charge in [-0.25, -0.2) is 0 Å². The monoisotopic (exact) mass is 268 g/mol. The molecule has 1 fully saturated rings. The maximum Gasteiger partial charge on any atom is 0.221 e. The number of rotatable bonds is 6. The number of carbonyl (C=O) groups excluding carboxylic acids is 1. The zero-order valence-corrected chi connectivity index (χ0v) is 10.8. The van der Waals surface area contributed by atoms with Crippen molar-refractivity contribution >= 4 is 17.5 Å². The van der Waals surface area contributed by atoms with Crippen LogP contribution in [0.15, 0.2) is 18.2 Å². The maximum atomic E-state index is 11.4. The Labute approximate surface area is 111 Å². The van der Waals surface area contributed by atoms with Crippen LogP contribution in [0.4, 0.5) is 0 Å². The van der Waals surface area contributed by atoms with Gasteiger partial charge in [0.05, 0.1) is 5.02 Å². The second-order valence-electron chi connectivity index (χ2n) is 4.55. The molecular weight excluding hydrogens is 252 g/mol. The Morgan fingerprint density at radius 2 is 2.22 bits per heavy atom. The largest absolute Gasteiger partial charge is 0.506 e. The number of nitrogens with one attached hydrogen (secondary N) is 2. The van der Waals surface area contributed by atoms with Gasteiger partial charge in [0.15, 0.2) is 0 Å². The summed E-state index contributed by atoms with van der Waals surface area (Å²) in [5, 5.41) is 15.7. The van der Waals surface area contributed by atoms with Crippen LogP contribution in [-0.2, 0) is 11.3 Å². The Hall–Kier alpha value is -1.26. The van der Waals surface area contributed by atoms with Crippen molar-refractivity contribution in [2.75, 3.05) is 6.54 Å². The summed E-state index contributed by atoms with van der Waals surface area (Å²) < 4.78 is 0. The number of phenols is 1. The van der Waals surface area contributed by atoms with Crippen LogP contribution < -0.4 is 10.6 Å². The molecule has 1 aliphatic carbocycles. The standard InChI is InChI=1S/C13H17ClN2O2/c14-11-7-9(1-4-12(11)17)8-15-6-5-13(18)16-10-2-3-10/h1,4,7,10,15,17H,2-3,5-6,8H2,(H,16,18). The van der Waals surface area contributed by atoms with Gasteiger partial charge in [-0.2, -0.15) is 0 Å². The highest BCUT2D eigenvalue weighted by molar-refractivity contribution is 6.32. The van der Waals surface area contributed by atoms with Crippen molar-refractivity contribution in [1.82, 2.24) is 10.6 Å². The third kappa shape index (κ3) is 4.20. The zero-order valence-electron chi connectivity index (χ0n) is 10.1. The molecule has 1 amide bonds. The Kier molecular flexibility index (Phi) is 4.44. The predicted octanol–water partition coefficient (Wildman–Crippen LogP) is 1.80. The van der Waals surface area contributed by atoms with E-state index in [4.69, 9.17) is 11.6 Å². The van der Waals surface area contributed by atoms with Gasteiger partial charge in [-0.15, -0.1) is 0 Å². The number of hydrogen-bond donors (Lipinski definition) is 3. The lowest BCUT2D eigenvalue weighted by atomic mass is 10.2. The molecule has 0 radical (unpaired) electrons. The second kappa shape index (κ2) is 6.07. The van der Waals surface area contributed by atoms with Crippen LogP contribution in [0.2, 0.25) is 5.02 Å². The number of benzene rings is 1. The average Bonchev–Trinajstić information content (AvgIpc) is 3.13. The van der Waals surface area contributed by atoms with Crippen LogP contribution in [0.1, 0.15) is 24.8 Å². The lowest BCUT2D eigenvalue weighted by molar-refractivity contribution is -0.121. The average molecular weight is 269 g/mol. The molecule has 0 spiro atoms. The first kappa shape index (κ1) is 13.2. The molecule has 0 aromatic heterocycles. The molecule has 1 aromatic carbocycles. The van der Waals surface area contributed by atoms with E-state index >= 15 is 0 Å². The summed E-state index contributed by atoms with van der Waals surface area (Å²) in [7, 11) is 0. The summed E-state index contributed by atoms with van der Waals surface area (Å²) in [6, 6.07) is 5.51. The van der Waals surface area contributed by atoms with Gasteiger partial charge < -0.3 is 15.7 Å². The van der Waals surface area contributed by atoms with E-state index in [1.165, 1.54) is 0 Å². The summed E-state index contributed by atoms with van der Waals surface area (Å²) in [6.45, 7) is 1.27. The highest BCUT2D eigenvalue weighted by atomic mass is 35.5. The minimum Gasteiger partial charge on any atom is -0.506 e. The van der Waals surface area contributed by atoms with Crippen LogP contribution in [-0.4, -0.2) is 23.6 Å². The fraction of sp³-hybridized carbons (Fsp3) is 0.462. The van der Waals surface area contributed by atoms with E-state index in [0.29, 0.717) is 30.6 Å². The van der Waals surface area contributed by atoms with Gasteiger partial charge in [-0.1, -0.05) is 17.7 Å². The molecular formula is C13H17ClN2O2. The number of carbonyl (C=O) groups is 1. The molecule has 0 saturated heterocycles. The molecule has 0 aliphatic heterocycles. The predicted molar refractivity (Wildman–Crippen MR) is 70.6 cm³/mol. The van der Waals surface area contributed by atoms with Crippen molar-refractivity contribution in [2.45, 2.75) is 31.8 Å². The van der Waals surface area contributed by atoms with Gasteiger partial charge in [0.25, 0.3) is 0 Å². The summed E-state index contributed by atoms with van der Waals surface area (Å²) in [4.78, 5) is 11.4. The first-order valence-electron chi connectivity index (χ1n) is 6.12. The molecule has 0 bridgehead atoms. The van der Waals surface area contributed by atoms with Crippen molar-refractivity contribution < 1.29 is 9.90 Å². The van der Waals surface area contributed by atoms with E-state index in [9.17, 15) is 9.90 Å². The van der Waals surface area contributed by atoms with E-state index in [2.05, 4.69) is 10.6 Å². The van der Waals surface area contributed by atoms with Crippen LogP contribution in [0.25, 0.3) is 0 Å². The van der Waals surface area contributed by atoms with Crippen molar-refractivity contribution in [1.29, 1.82) is 0 Å². The molecule has 5 heteroatoms. The topological polar surface area (TPSA) is 61.4 Å². The van der Waals surface area contributed by atoms with E-state index in [1.807, 2.05) is 0 Å². The number of aromatic hydroxyl groups is 1. The number of hydrogen-bond acceptors (Lipinski definition) is 3. The van der Waals surface area contributed by atoms with Crippen LogP contribution in [0.5, 0.6) is 5.75 Å². The summed E-state index contributed by atoms with van der Waals surface area (Å²) in [5.41, 5.74) is 0.986. The quantitative estimate of drug-likeness (QED) is 0.690. The van der Waals surface area contributed by atoms with Gasteiger partial charge in [-0.05, 0) is 30.5 Å². The van der Waals surface area contributed by atoms with Gasteiger partial charge >= 0.3 is 0 Å². The number of halogens is 1. The fourth-order valence-corrected chi connectivity index (χ4v) is 1.83. The number of phenolic OH excluding ortho intramolecular Hbond substituents is 1. The lowest BCUT2D eigenvalue weighted by Gasteiger charge is -2.06. The van der Waals surface area contributed by atoms with Crippen LogP contribution in [0, 0.1) is 0 Å². The van der Waals surface area contributed by atoms with Crippen molar-refractivity contribution in [2.24, 2.45) is 0 Å². The molecule has 2 rings (SSSR count). The van der Waals surface area contributed by atoms with Crippen molar-refractivity contribution in [3.63, 3.8) is 0 Å². The summed E-state index contributed by atoms with van der Waals surface area (Å²) >= 11 is 5.80. The molecule has 0 atom stereocenters. The van der Waals surface area contributed by atoms with Gasteiger partial charge in [0, 0.05) is 25.6 Å². The highest BCUT2D eigenvalue weighted by Crippen LogP contribution is 2.23.